The van der Waals surface area contributed by atoms with Crippen molar-refractivity contribution < 1.29 is 13.9 Å². The fourth-order valence-corrected chi connectivity index (χ4v) is 3.70. The van der Waals surface area contributed by atoms with Gasteiger partial charge in [-0.05, 0) is 30.2 Å². The zero-order valence-electron chi connectivity index (χ0n) is 16.1. The van der Waals surface area contributed by atoms with Crippen LogP contribution < -0.4 is 10.2 Å². The lowest BCUT2D eigenvalue weighted by Crippen LogP contribution is -2.36. The average molecular weight is 417 g/mol. The molecule has 4 rings (SSSR count). The summed E-state index contributed by atoms with van der Waals surface area (Å²) in [6, 6.07) is 8.50. The van der Waals surface area contributed by atoms with E-state index in [-0.39, 0.29) is 18.3 Å². The summed E-state index contributed by atoms with van der Waals surface area (Å²) in [6.07, 6.45) is 2.35. The first kappa shape index (κ1) is 19.7. The minimum Gasteiger partial charge on any atom is -0.378 e. The zero-order valence-corrected chi connectivity index (χ0v) is 16.9. The molecular formula is C21H22ClFN4O2. The van der Waals surface area contributed by atoms with Crippen LogP contribution in [0.5, 0.6) is 0 Å². The number of benzene rings is 1. The number of fused-ring (bicyclic) bond motifs is 1. The Labute approximate surface area is 173 Å². The summed E-state index contributed by atoms with van der Waals surface area (Å²) < 4.78 is 21.6. The fraction of sp³-hybridized carbons (Fsp3) is 0.333. The van der Waals surface area contributed by atoms with Gasteiger partial charge in [0.15, 0.2) is 0 Å². The number of nitrogens with one attached hydrogen (secondary N) is 1. The Kier molecular flexibility index (Phi) is 5.69. The number of carbonyl (C=O) groups excluding carboxylic acids is 1. The minimum absolute atomic E-state index is 0.225. The van der Waals surface area contributed by atoms with Gasteiger partial charge in [0, 0.05) is 36.9 Å². The molecule has 2 aromatic heterocycles. The maximum atomic E-state index is 14.6. The third kappa shape index (κ3) is 4.06. The molecule has 0 bridgehead atoms. The lowest BCUT2D eigenvalue weighted by atomic mass is 10.1. The van der Waals surface area contributed by atoms with Crippen molar-refractivity contribution >= 4 is 28.8 Å². The molecule has 0 aliphatic carbocycles. The second-order valence-corrected chi connectivity index (χ2v) is 7.34. The number of pyridine rings is 1. The number of ether oxygens (including phenoxy) is 1. The van der Waals surface area contributed by atoms with Gasteiger partial charge in [-0.3, -0.25) is 9.20 Å². The largest absolute Gasteiger partial charge is 0.378 e. The van der Waals surface area contributed by atoms with Crippen LogP contribution in [0.2, 0.25) is 5.02 Å². The van der Waals surface area contributed by atoms with Gasteiger partial charge in [0.2, 0.25) is 0 Å². The number of morpholine rings is 1. The molecule has 0 spiro atoms. The minimum atomic E-state index is -0.294. The molecule has 152 valence electrons. The van der Waals surface area contributed by atoms with E-state index in [0.717, 1.165) is 0 Å². The molecule has 0 radical (unpaired) electrons. The number of hydrogen-bond donors (Lipinski definition) is 1. The zero-order chi connectivity index (χ0) is 20.4. The number of hydrogen-bond acceptors (Lipinski definition) is 4. The van der Waals surface area contributed by atoms with Crippen molar-refractivity contribution in [2.75, 3.05) is 31.2 Å². The standard InChI is InChI=1S/C21H22ClFN4O2/c1-2-17-20(27-6-5-15(22)12-19(27)25-17)21(28)24-13-14-3-4-18(16(23)11-14)26-7-9-29-10-8-26/h3-6,11-12H,2,7-10,13H2,1H3,(H,24,28). The van der Waals surface area contributed by atoms with E-state index in [1.54, 1.807) is 28.8 Å². The van der Waals surface area contributed by atoms with Crippen molar-refractivity contribution in [1.82, 2.24) is 14.7 Å². The van der Waals surface area contributed by atoms with Crippen LogP contribution in [0, 0.1) is 5.82 Å². The van der Waals surface area contributed by atoms with Crippen LogP contribution in [0.4, 0.5) is 10.1 Å². The van der Waals surface area contributed by atoms with Gasteiger partial charge in [0.1, 0.15) is 17.2 Å². The molecule has 29 heavy (non-hydrogen) atoms. The molecule has 3 aromatic rings. The molecule has 1 fully saturated rings. The molecule has 0 saturated carbocycles. The maximum Gasteiger partial charge on any atom is 0.270 e. The SMILES string of the molecule is CCc1nc2cc(Cl)ccn2c1C(=O)NCc1ccc(N2CCOCC2)c(F)c1. The number of anilines is 1. The van der Waals surface area contributed by atoms with E-state index >= 15 is 0 Å². The molecule has 1 amide bonds. The second kappa shape index (κ2) is 8.39. The summed E-state index contributed by atoms with van der Waals surface area (Å²) >= 11 is 6.03. The van der Waals surface area contributed by atoms with E-state index in [1.165, 1.54) is 6.07 Å². The quantitative estimate of drug-likeness (QED) is 0.692. The second-order valence-electron chi connectivity index (χ2n) is 6.90. The summed E-state index contributed by atoms with van der Waals surface area (Å²) in [7, 11) is 0. The average Bonchev–Trinajstić information content (AvgIpc) is 3.10. The predicted molar refractivity (Wildman–Crippen MR) is 110 cm³/mol. The fourth-order valence-electron chi connectivity index (χ4n) is 3.54. The third-order valence-corrected chi connectivity index (χ3v) is 5.26. The van der Waals surface area contributed by atoms with E-state index in [4.69, 9.17) is 16.3 Å². The van der Waals surface area contributed by atoms with Crippen LogP contribution in [0.3, 0.4) is 0 Å². The number of aromatic nitrogens is 2. The molecule has 3 heterocycles. The first-order chi connectivity index (χ1) is 14.1. The highest BCUT2D eigenvalue weighted by Gasteiger charge is 2.19. The Balaban J connectivity index is 1.50. The first-order valence-electron chi connectivity index (χ1n) is 9.62. The number of imidazole rings is 1. The van der Waals surface area contributed by atoms with Crippen molar-refractivity contribution in [2.24, 2.45) is 0 Å². The van der Waals surface area contributed by atoms with Crippen LogP contribution in [0.25, 0.3) is 5.65 Å². The van der Waals surface area contributed by atoms with Gasteiger partial charge in [0.25, 0.3) is 5.91 Å². The number of rotatable bonds is 5. The lowest BCUT2D eigenvalue weighted by molar-refractivity contribution is 0.0944. The van der Waals surface area contributed by atoms with Gasteiger partial charge in [-0.15, -0.1) is 0 Å². The normalized spacial score (nSPS) is 14.4. The predicted octanol–water partition coefficient (Wildman–Crippen LogP) is 3.46. The Morgan fingerprint density at radius 1 is 1.28 bits per heavy atom. The van der Waals surface area contributed by atoms with E-state index in [2.05, 4.69) is 10.3 Å². The summed E-state index contributed by atoms with van der Waals surface area (Å²) in [6.45, 7) is 4.71. The Hall–Kier alpha value is -2.64. The third-order valence-electron chi connectivity index (χ3n) is 5.03. The van der Waals surface area contributed by atoms with Crippen LogP contribution in [-0.4, -0.2) is 41.6 Å². The van der Waals surface area contributed by atoms with E-state index in [0.29, 0.717) is 66.0 Å². The van der Waals surface area contributed by atoms with Gasteiger partial charge in [0.05, 0.1) is 24.6 Å². The first-order valence-corrected chi connectivity index (χ1v) is 10.0. The molecule has 1 saturated heterocycles. The summed E-state index contributed by atoms with van der Waals surface area (Å²) in [5.41, 5.74) is 3.06. The van der Waals surface area contributed by atoms with Crippen molar-refractivity contribution in [1.29, 1.82) is 0 Å². The molecule has 6 nitrogen and oxygen atoms in total. The molecule has 1 aliphatic heterocycles. The van der Waals surface area contributed by atoms with Crippen molar-refractivity contribution in [3.8, 4) is 0 Å². The molecule has 1 aliphatic rings. The van der Waals surface area contributed by atoms with Gasteiger partial charge in [-0.1, -0.05) is 24.6 Å². The Bertz CT molecular complexity index is 1050. The van der Waals surface area contributed by atoms with Gasteiger partial charge < -0.3 is 15.0 Å². The van der Waals surface area contributed by atoms with Crippen LogP contribution in [-0.2, 0) is 17.7 Å². The Morgan fingerprint density at radius 3 is 2.79 bits per heavy atom. The van der Waals surface area contributed by atoms with Gasteiger partial charge in [-0.2, -0.15) is 0 Å². The summed E-state index contributed by atoms with van der Waals surface area (Å²) in [5, 5.41) is 3.44. The van der Waals surface area contributed by atoms with E-state index < -0.39 is 0 Å². The van der Waals surface area contributed by atoms with Gasteiger partial charge >= 0.3 is 0 Å². The Morgan fingerprint density at radius 2 is 2.07 bits per heavy atom. The van der Waals surface area contributed by atoms with Crippen LogP contribution in [0.15, 0.2) is 36.5 Å². The van der Waals surface area contributed by atoms with Gasteiger partial charge in [-0.25, -0.2) is 9.37 Å². The molecule has 1 aromatic carbocycles. The highest BCUT2D eigenvalue weighted by molar-refractivity contribution is 6.30. The number of nitrogens with zero attached hydrogens (tertiary/aromatic N) is 3. The lowest BCUT2D eigenvalue weighted by Gasteiger charge is -2.29. The number of amides is 1. The highest BCUT2D eigenvalue weighted by Crippen LogP contribution is 2.22. The molecule has 0 unspecified atom stereocenters. The number of aryl methyl sites for hydroxylation is 1. The molecular weight excluding hydrogens is 395 g/mol. The van der Waals surface area contributed by atoms with Crippen molar-refractivity contribution in [3.63, 3.8) is 0 Å². The number of halogens is 2. The van der Waals surface area contributed by atoms with Crippen molar-refractivity contribution in [3.05, 3.63) is 64.3 Å². The van der Waals surface area contributed by atoms with E-state index in [9.17, 15) is 9.18 Å². The van der Waals surface area contributed by atoms with Crippen LogP contribution >= 0.6 is 11.6 Å². The molecule has 1 N–H and O–H groups in total. The highest BCUT2D eigenvalue weighted by atomic mass is 35.5. The molecule has 8 heteroatoms. The summed E-state index contributed by atoms with van der Waals surface area (Å²) in [5.74, 6) is -0.549. The van der Waals surface area contributed by atoms with Crippen LogP contribution in [0.1, 0.15) is 28.7 Å². The number of carbonyl (C=O) groups is 1. The van der Waals surface area contributed by atoms with E-state index in [1.807, 2.05) is 17.9 Å². The maximum absolute atomic E-state index is 14.6. The monoisotopic (exact) mass is 416 g/mol. The molecule has 0 atom stereocenters. The smallest absolute Gasteiger partial charge is 0.270 e. The van der Waals surface area contributed by atoms with Crippen molar-refractivity contribution in [2.45, 2.75) is 19.9 Å². The topological polar surface area (TPSA) is 58.9 Å². The summed E-state index contributed by atoms with van der Waals surface area (Å²) in [4.78, 5) is 19.3.